The Morgan fingerprint density at radius 3 is 2.38 bits per heavy atom. The minimum atomic E-state index is -0.0926. The molecule has 0 bridgehead atoms. The molecule has 1 fully saturated rings. The summed E-state index contributed by atoms with van der Waals surface area (Å²) in [5, 5.41) is 1.21. The second kappa shape index (κ2) is 1.63. The van der Waals surface area contributed by atoms with Gasteiger partial charge in [0.25, 0.3) is 0 Å². The van der Waals surface area contributed by atoms with Crippen LogP contribution in [0, 0.1) is 0 Å². The quantitative estimate of drug-likeness (QED) is 0.333. The largest absolute Gasteiger partial charge is 0.333 e. The molecule has 0 radical (unpaired) electrons. The van der Waals surface area contributed by atoms with Crippen molar-refractivity contribution >= 4 is 6.03 Å². The molecular formula is C4H9N3O. The Morgan fingerprint density at radius 1 is 1.62 bits per heavy atom. The highest BCUT2D eigenvalue weighted by molar-refractivity contribution is 5.75. The summed E-state index contributed by atoms with van der Waals surface area (Å²) in [6.45, 7) is 1.39. The number of carbonyl (C=O) groups is 1. The van der Waals surface area contributed by atoms with Crippen molar-refractivity contribution in [1.29, 1.82) is 0 Å². The van der Waals surface area contributed by atoms with E-state index in [1.54, 1.807) is 11.9 Å². The molecular weight excluding hydrogens is 106 g/mol. The van der Waals surface area contributed by atoms with E-state index < -0.39 is 0 Å². The van der Waals surface area contributed by atoms with Gasteiger partial charge in [-0.1, -0.05) is 0 Å². The van der Waals surface area contributed by atoms with E-state index in [4.69, 9.17) is 5.84 Å². The molecule has 2 amide bonds. The van der Waals surface area contributed by atoms with E-state index >= 15 is 0 Å². The van der Waals surface area contributed by atoms with Crippen LogP contribution in [0.4, 0.5) is 4.79 Å². The predicted octanol–water partition coefficient (Wildman–Crippen LogP) is -0.772. The van der Waals surface area contributed by atoms with Crippen LogP contribution in [0.3, 0.4) is 0 Å². The predicted molar refractivity (Wildman–Crippen MR) is 28.9 cm³/mol. The smallest absolute Gasteiger partial charge is 0.325 e. The lowest BCUT2D eigenvalue weighted by Crippen LogP contribution is -2.34. The lowest BCUT2D eigenvalue weighted by atomic mass is 10.7. The summed E-state index contributed by atoms with van der Waals surface area (Å²) in [5.41, 5.74) is 0. The third-order valence-corrected chi connectivity index (χ3v) is 1.25. The van der Waals surface area contributed by atoms with Crippen molar-refractivity contribution in [3.05, 3.63) is 0 Å². The standard InChI is InChI=1S/C4H9N3O/c1-6-2-3-7(5)4(6)8/h2-3,5H2,1H3. The Hall–Kier alpha value is -0.770. The summed E-state index contributed by atoms with van der Waals surface area (Å²) >= 11 is 0. The molecule has 1 heterocycles. The van der Waals surface area contributed by atoms with Crippen LogP contribution in [0.1, 0.15) is 0 Å². The van der Waals surface area contributed by atoms with Gasteiger partial charge < -0.3 is 4.90 Å². The zero-order chi connectivity index (χ0) is 6.15. The Balaban J connectivity index is 2.57. The molecule has 0 aromatic carbocycles. The average molecular weight is 115 g/mol. The first-order valence-corrected chi connectivity index (χ1v) is 2.49. The van der Waals surface area contributed by atoms with Crippen LogP contribution >= 0.6 is 0 Å². The van der Waals surface area contributed by atoms with E-state index in [1.165, 1.54) is 5.01 Å². The molecule has 0 saturated carbocycles. The van der Waals surface area contributed by atoms with Crippen molar-refractivity contribution < 1.29 is 4.79 Å². The number of carbonyl (C=O) groups excluding carboxylic acids is 1. The third kappa shape index (κ3) is 0.626. The normalized spacial score (nSPS) is 20.5. The van der Waals surface area contributed by atoms with Crippen molar-refractivity contribution in [2.24, 2.45) is 5.84 Å². The van der Waals surface area contributed by atoms with Gasteiger partial charge >= 0.3 is 6.03 Å². The van der Waals surface area contributed by atoms with Crippen molar-refractivity contribution in [2.75, 3.05) is 20.1 Å². The molecule has 0 atom stereocenters. The van der Waals surface area contributed by atoms with E-state index in [2.05, 4.69) is 0 Å². The number of hydrazine groups is 1. The SMILES string of the molecule is CN1CCN(N)C1=O. The van der Waals surface area contributed by atoms with Crippen LogP contribution in [-0.2, 0) is 0 Å². The molecule has 1 rings (SSSR count). The van der Waals surface area contributed by atoms with Gasteiger partial charge in [0.05, 0.1) is 6.54 Å². The van der Waals surface area contributed by atoms with Gasteiger partial charge in [0.1, 0.15) is 0 Å². The highest BCUT2D eigenvalue weighted by Crippen LogP contribution is 1.98. The van der Waals surface area contributed by atoms with Gasteiger partial charge in [0.2, 0.25) is 0 Å². The fourth-order valence-corrected chi connectivity index (χ4v) is 0.668. The fraction of sp³-hybridized carbons (Fsp3) is 0.750. The van der Waals surface area contributed by atoms with Gasteiger partial charge in [0, 0.05) is 13.6 Å². The lowest BCUT2D eigenvalue weighted by Gasteiger charge is -2.07. The number of hydrogen-bond donors (Lipinski definition) is 1. The van der Waals surface area contributed by atoms with Gasteiger partial charge in [-0.05, 0) is 0 Å². The average Bonchev–Trinajstić information content (AvgIpc) is 1.98. The first-order chi connectivity index (χ1) is 3.72. The molecule has 4 nitrogen and oxygen atoms in total. The second-order valence-electron chi connectivity index (χ2n) is 1.90. The summed E-state index contributed by atoms with van der Waals surface area (Å²) in [5.74, 6) is 5.21. The molecule has 0 aliphatic carbocycles. The summed E-state index contributed by atoms with van der Waals surface area (Å²) in [7, 11) is 1.73. The first kappa shape index (κ1) is 5.37. The van der Waals surface area contributed by atoms with Gasteiger partial charge in [-0.25, -0.2) is 10.6 Å². The van der Waals surface area contributed by atoms with E-state index in [0.717, 1.165) is 6.54 Å². The molecule has 8 heavy (non-hydrogen) atoms. The minimum absolute atomic E-state index is 0.0926. The topological polar surface area (TPSA) is 49.6 Å². The number of nitrogens with two attached hydrogens (primary N) is 1. The molecule has 0 aromatic rings. The highest BCUT2D eigenvalue weighted by Gasteiger charge is 2.21. The molecule has 4 heteroatoms. The van der Waals surface area contributed by atoms with Crippen molar-refractivity contribution in [2.45, 2.75) is 0 Å². The molecule has 1 aliphatic rings. The number of nitrogens with zero attached hydrogens (tertiary/aromatic N) is 2. The summed E-state index contributed by atoms with van der Waals surface area (Å²) < 4.78 is 0. The monoisotopic (exact) mass is 115 g/mol. The second-order valence-corrected chi connectivity index (χ2v) is 1.90. The summed E-state index contributed by atoms with van der Waals surface area (Å²) in [4.78, 5) is 12.2. The Labute approximate surface area is 47.8 Å². The van der Waals surface area contributed by atoms with Gasteiger partial charge in [-0.2, -0.15) is 0 Å². The van der Waals surface area contributed by atoms with Crippen molar-refractivity contribution in [3.63, 3.8) is 0 Å². The molecule has 2 N–H and O–H groups in total. The van der Waals surface area contributed by atoms with Crippen molar-refractivity contribution in [1.82, 2.24) is 9.91 Å². The number of rotatable bonds is 0. The van der Waals surface area contributed by atoms with Crippen LogP contribution in [0.25, 0.3) is 0 Å². The Morgan fingerprint density at radius 2 is 2.25 bits per heavy atom. The van der Waals surface area contributed by atoms with Gasteiger partial charge in [-0.15, -0.1) is 0 Å². The number of hydrogen-bond acceptors (Lipinski definition) is 2. The number of amides is 2. The maximum absolute atomic E-state index is 10.6. The van der Waals surface area contributed by atoms with Crippen LogP contribution in [0.15, 0.2) is 0 Å². The first-order valence-electron chi connectivity index (χ1n) is 2.49. The zero-order valence-corrected chi connectivity index (χ0v) is 4.79. The summed E-state index contributed by atoms with van der Waals surface area (Å²) in [6, 6.07) is -0.0926. The molecule has 1 aliphatic heterocycles. The molecule has 0 aromatic heterocycles. The lowest BCUT2D eigenvalue weighted by molar-refractivity contribution is 0.199. The van der Waals surface area contributed by atoms with E-state index in [9.17, 15) is 4.79 Å². The van der Waals surface area contributed by atoms with Crippen LogP contribution in [0.5, 0.6) is 0 Å². The zero-order valence-electron chi connectivity index (χ0n) is 4.79. The highest BCUT2D eigenvalue weighted by atomic mass is 16.2. The van der Waals surface area contributed by atoms with Crippen LogP contribution < -0.4 is 5.84 Å². The van der Waals surface area contributed by atoms with Crippen molar-refractivity contribution in [3.8, 4) is 0 Å². The number of urea groups is 1. The third-order valence-electron chi connectivity index (χ3n) is 1.25. The number of likely N-dealkylation sites (N-methyl/N-ethyl adjacent to an activating group) is 1. The van der Waals surface area contributed by atoms with Gasteiger partial charge in [-0.3, -0.25) is 5.01 Å². The molecule has 0 unspecified atom stereocenters. The van der Waals surface area contributed by atoms with Crippen LogP contribution in [0.2, 0.25) is 0 Å². The maximum atomic E-state index is 10.6. The van der Waals surface area contributed by atoms with Crippen LogP contribution in [-0.4, -0.2) is 36.1 Å². The minimum Gasteiger partial charge on any atom is -0.325 e. The van der Waals surface area contributed by atoms with E-state index in [0.29, 0.717) is 6.54 Å². The Bertz CT molecular complexity index is 102. The fourth-order valence-electron chi connectivity index (χ4n) is 0.668. The Kier molecular flexibility index (Phi) is 1.09. The van der Waals surface area contributed by atoms with E-state index in [1.807, 2.05) is 0 Å². The molecule has 0 spiro atoms. The van der Waals surface area contributed by atoms with Gasteiger partial charge in [0.15, 0.2) is 0 Å². The molecule has 1 saturated heterocycles. The summed E-state index contributed by atoms with van der Waals surface area (Å²) in [6.07, 6.45) is 0. The molecule has 46 valence electrons. The maximum Gasteiger partial charge on any atom is 0.333 e. The van der Waals surface area contributed by atoms with E-state index in [-0.39, 0.29) is 6.03 Å².